The lowest BCUT2D eigenvalue weighted by atomic mass is 10.1. The molecule has 1 aliphatic heterocycles. The van der Waals surface area contributed by atoms with E-state index in [4.69, 9.17) is 0 Å². The van der Waals surface area contributed by atoms with E-state index in [2.05, 4.69) is 6.92 Å². The van der Waals surface area contributed by atoms with Crippen molar-refractivity contribution in [2.75, 3.05) is 12.3 Å². The molecule has 0 bridgehead atoms. The summed E-state index contributed by atoms with van der Waals surface area (Å²) in [6, 6.07) is 0. The summed E-state index contributed by atoms with van der Waals surface area (Å²) >= 11 is 1.71. The molecular weight excluding hydrogens is 242 g/mol. The highest BCUT2D eigenvalue weighted by atomic mass is 32.2. The summed E-state index contributed by atoms with van der Waals surface area (Å²) in [7, 11) is 0. The highest BCUT2D eigenvalue weighted by Gasteiger charge is 2.19. The normalized spacial score (nSPS) is 15.6. The lowest BCUT2D eigenvalue weighted by Crippen LogP contribution is -2.19. The molecule has 1 saturated heterocycles. The molecule has 1 rings (SSSR count). The summed E-state index contributed by atoms with van der Waals surface area (Å²) in [5, 5.41) is 0. The van der Waals surface area contributed by atoms with E-state index in [1.54, 1.807) is 11.9 Å². The molecule has 0 atom stereocenters. The molecule has 0 aromatic heterocycles. The fourth-order valence-corrected chi connectivity index (χ4v) is 3.35. The second-order valence-electron chi connectivity index (χ2n) is 5.26. The van der Waals surface area contributed by atoms with E-state index in [0.717, 1.165) is 18.7 Å². The SMILES string of the molecule is CCCCCCCCCCCCN1SCCC1=O. The van der Waals surface area contributed by atoms with Crippen molar-refractivity contribution in [3.8, 4) is 0 Å². The van der Waals surface area contributed by atoms with Crippen molar-refractivity contribution in [1.82, 2.24) is 4.31 Å². The van der Waals surface area contributed by atoms with Crippen molar-refractivity contribution >= 4 is 17.9 Å². The Kier molecular flexibility index (Phi) is 9.45. The van der Waals surface area contributed by atoms with Gasteiger partial charge in [0.2, 0.25) is 5.91 Å². The van der Waals surface area contributed by atoms with Crippen molar-refractivity contribution in [1.29, 1.82) is 0 Å². The third-order valence-electron chi connectivity index (χ3n) is 3.56. The predicted molar refractivity (Wildman–Crippen MR) is 80.6 cm³/mol. The van der Waals surface area contributed by atoms with Gasteiger partial charge < -0.3 is 0 Å². The van der Waals surface area contributed by atoms with Crippen LogP contribution in [0.2, 0.25) is 0 Å². The molecule has 0 aromatic rings. The summed E-state index contributed by atoms with van der Waals surface area (Å²) in [6.07, 6.45) is 14.4. The highest BCUT2D eigenvalue weighted by Crippen LogP contribution is 2.22. The average Bonchev–Trinajstić information content (AvgIpc) is 2.77. The van der Waals surface area contributed by atoms with Crippen LogP contribution in [0.15, 0.2) is 0 Å². The Morgan fingerprint density at radius 3 is 2.00 bits per heavy atom. The van der Waals surface area contributed by atoms with Gasteiger partial charge in [-0.3, -0.25) is 9.10 Å². The molecule has 0 radical (unpaired) electrons. The van der Waals surface area contributed by atoms with Crippen LogP contribution in [0, 0.1) is 0 Å². The number of hydrogen-bond acceptors (Lipinski definition) is 2. The van der Waals surface area contributed by atoms with Gasteiger partial charge in [0, 0.05) is 18.7 Å². The van der Waals surface area contributed by atoms with Gasteiger partial charge in [-0.2, -0.15) is 0 Å². The van der Waals surface area contributed by atoms with Gasteiger partial charge in [0.1, 0.15) is 0 Å². The Morgan fingerprint density at radius 1 is 0.944 bits per heavy atom. The van der Waals surface area contributed by atoms with Crippen molar-refractivity contribution in [2.45, 2.75) is 77.6 Å². The van der Waals surface area contributed by atoms with Gasteiger partial charge in [0.05, 0.1) is 0 Å². The number of hydrogen-bond donors (Lipinski definition) is 0. The maximum atomic E-state index is 11.4. The van der Waals surface area contributed by atoms with E-state index < -0.39 is 0 Å². The quantitative estimate of drug-likeness (QED) is 0.398. The van der Waals surface area contributed by atoms with Gasteiger partial charge in [-0.05, 0) is 18.4 Å². The summed E-state index contributed by atoms with van der Waals surface area (Å²) < 4.78 is 1.96. The number of nitrogens with zero attached hydrogens (tertiary/aromatic N) is 1. The first-order valence-electron chi connectivity index (χ1n) is 7.78. The van der Waals surface area contributed by atoms with E-state index in [0.29, 0.717) is 5.91 Å². The van der Waals surface area contributed by atoms with Crippen molar-refractivity contribution in [3.63, 3.8) is 0 Å². The standard InChI is InChI=1S/C15H29NOS/c1-2-3-4-5-6-7-8-9-10-11-13-16-15(17)12-14-18-16/h2-14H2,1H3. The Bertz CT molecular complexity index is 221. The van der Waals surface area contributed by atoms with E-state index in [1.807, 2.05) is 4.31 Å². The van der Waals surface area contributed by atoms with Crippen LogP contribution in [-0.2, 0) is 4.79 Å². The maximum absolute atomic E-state index is 11.4. The first kappa shape index (κ1) is 15.9. The van der Waals surface area contributed by atoms with Crippen LogP contribution in [0.5, 0.6) is 0 Å². The average molecular weight is 271 g/mol. The van der Waals surface area contributed by atoms with Gasteiger partial charge in [0.25, 0.3) is 0 Å². The number of unbranched alkanes of at least 4 members (excludes halogenated alkanes) is 9. The zero-order valence-corrected chi connectivity index (χ0v) is 12.8. The van der Waals surface area contributed by atoms with Crippen LogP contribution in [0.4, 0.5) is 0 Å². The third kappa shape index (κ3) is 7.30. The van der Waals surface area contributed by atoms with E-state index in [9.17, 15) is 4.79 Å². The molecule has 0 N–H and O–H groups in total. The van der Waals surface area contributed by atoms with Crippen LogP contribution in [0.1, 0.15) is 77.6 Å². The van der Waals surface area contributed by atoms with E-state index >= 15 is 0 Å². The summed E-state index contributed by atoms with van der Waals surface area (Å²) in [5.74, 6) is 1.34. The molecule has 1 amide bonds. The van der Waals surface area contributed by atoms with E-state index in [-0.39, 0.29) is 0 Å². The number of amides is 1. The summed E-state index contributed by atoms with van der Waals surface area (Å²) in [5.41, 5.74) is 0. The van der Waals surface area contributed by atoms with Crippen LogP contribution in [-0.4, -0.2) is 22.5 Å². The van der Waals surface area contributed by atoms with E-state index in [1.165, 1.54) is 64.2 Å². The molecule has 0 spiro atoms. The molecule has 1 heterocycles. The minimum Gasteiger partial charge on any atom is -0.286 e. The largest absolute Gasteiger partial charge is 0.286 e. The number of carbonyl (C=O) groups excluding carboxylic acids is 1. The van der Waals surface area contributed by atoms with Gasteiger partial charge in [-0.15, -0.1) is 0 Å². The van der Waals surface area contributed by atoms with Gasteiger partial charge in [-0.1, -0.05) is 64.7 Å². The number of rotatable bonds is 11. The Hall–Kier alpha value is -0.180. The van der Waals surface area contributed by atoms with Crippen LogP contribution in [0.25, 0.3) is 0 Å². The monoisotopic (exact) mass is 271 g/mol. The topological polar surface area (TPSA) is 20.3 Å². The fourth-order valence-electron chi connectivity index (χ4n) is 2.37. The molecule has 106 valence electrons. The zero-order chi connectivity index (χ0) is 13.1. The summed E-state index contributed by atoms with van der Waals surface area (Å²) in [4.78, 5) is 11.4. The molecule has 0 unspecified atom stereocenters. The molecule has 18 heavy (non-hydrogen) atoms. The Balaban J connectivity index is 1.77. The predicted octanol–water partition coefficient (Wildman–Crippen LogP) is 4.79. The Morgan fingerprint density at radius 2 is 1.50 bits per heavy atom. The van der Waals surface area contributed by atoms with Crippen molar-refractivity contribution < 1.29 is 4.79 Å². The minimum absolute atomic E-state index is 0.343. The molecule has 1 fully saturated rings. The maximum Gasteiger partial charge on any atom is 0.233 e. The fraction of sp³-hybridized carbons (Fsp3) is 0.933. The lowest BCUT2D eigenvalue weighted by molar-refractivity contribution is -0.124. The van der Waals surface area contributed by atoms with Gasteiger partial charge in [-0.25, -0.2) is 0 Å². The second kappa shape index (κ2) is 10.7. The molecule has 3 heteroatoms. The third-order valence-corrected chi connectivity index (χ3v) is 4.64. The zero-order valence-electron chi connectivity index (χ0n) is 12.0. The molecule has 0 saturated carbocycles. The molecule has 1 aliphatic rings. The van der Waals surface area contributed by atoms with Gasteiger partial charge in [0.15, 0.2) is 0 Å². The summed E-state index contributed by atoms with van der Waals surface area (Å²) in [6.45, 7) is 3.24. The lowest BCUT2D eigenvalue weighted by Gasteiger charge is -2.13. The number of carbonyl (C=O) groups is 1. The van der Waals surface area contributed by atoms with Crippen molar-refractivity contribution in [2.24, 2.45) is 0 Å². The van der Waals surface area contributed by atoms with Gasteiger partial charge >= 0.3 is 0 Å². The first-order chi connectivity index (χ1) is 8.84. The van der Waals surface area contributed by atoms with Crippen LogP contribution < -0.4 is 0 Å². The first-order valence-corrected chi connectivity index (χ1v) is 8.72. The Labute approximate surface area is 117 Å². The molecule has 0 aliphatic carbocycles. The van der Waals surface area contributed by atoms with Crippen LogP contribution in [0.3, 0.4) is 0 Å². The molecule has 2 nitrogen and oxygen atoms in total. The smallest absolute Gasteiger partial charge is 0.233 e. The minimum atomic E-state index is 0.343. The molecule has 0 aromatic carbocycles. The molecular formula is C15H29NOS. The van der Waals surface area contributed by atoms with Crippen LogP contribution >= 0.6 is 11.9 Å². The van der Waals surface area contributed by atoms with Crippen molar-refractivity contribution in [3.05, 3.63) is 0 Å². The second-order valence-corrected chi connectivity index (χ2v) is 6.37. The highest BCUT2D eigenvalue weighted by molar-refractivity contribution is 7.97.